The van der Waals surface area contributed by atoms with Gasteiger partial charge < -0.3 is 4.74 Å². The summed E-state index contributed by atoms with van der Waals surface area (Å²) in [6.45, 7) is 4.10. The second-order valence-corrected chi connectivity index (χ2v) is 2.10. The van der Waals surface area contributed by atoms with Gasteiger partial charge in [-0.25, -0.2) is 0 Å². The summed E-state index contributed by atoms with van der Waals surface area (Å²) in [5, 5.41) is 3.24. The van der Waals surface area contributed by atoms with Crippen molar-refractivity contribution in [2.24, 2.45) is 0 Å². The maximum atomic E-state index is 5.28. The van der Waals surface area contributed by atoms with E-state index in [4.69, 9.17) is 4.74 Å². The Balaban J connectivity index is 2.06. The van der Waals surface area contributed by atoms with Gasteiger partial charge in [0.15, 0.2) is 0 Å². The number of ether oxygens (including phenoxy) is 1. The van der Waals surface area contributed by atoms with Crippen molar-refractivity contribution in [3.8, 4) is 0 Å². The van der Waals surface area contributed by atoms with E-state index in [1.54, 1.807) is 0 Å². The normalized spacial score (nSPS) is 28.9. The third-order valence-corrected chi connectivity index (χ3v) is 1.34. The first-order valence-electron chi connectivity index (χ1n) is 3.28. The molecule has 0 bridgehead atoms. The van der Waals surface area contributed by atoms with E-state index in [1.165, 1.54) is 6.42 Å². The lowest BCUT2D eigenvalue weighted by Crippen LogP contribution is -2.21. The lowest BCUT2D eigenvalue weighted by Gasteiger charge is -2.05. The Hall–Kier alpha value is -0.0800. The van der Waals surface area contributed by atoms with E-state index in [9.17, 15) is 0 Å². The maximum Gasteiger partial charge on any atom is 0.108 e. The SMILES string of the molecule is CCCC1NCCO1. The van der Waals surface area contributed by atoms with Gasteiger partial charge in [0.1, 0.15) is 6.23 Å². The minimum atomic E-state index is 0.361. The van der Waals surface area contributed by atoms with Gasteiger partial charge in [-0.1, -0.05) is 13.3 Å². The van der Waals surface area contributed by atoms with Gasteiger partial charge in [-0.05, 0) is 6.42 Å². The van der Waals surface area contributed by atoms with E-state index in [0.29, 0.717) is 6.23 Å². The minimum Gasteiger partial charge on any atom is -0.362 e. The van der Waals surface area contributed by atoms with Crippen molar-refractivity contribution in [1.29, 1.82) is 0 Å². The highest BCUT2D eigenvalue weighted by Gasteiger charge is 2.11. The summed E-state index contributed by atoms with van der Waals surface area (Å²) in [6, 6.07) is 0. The molecule has 0 saturated carbocycles. The van der Waals surface area contributed by atoms with E-state index >= 15 is 0 Å². The van der Waals surface area contributed by atoms with Gasteiger partial charge in [-0.2, -0.15) is 0 Å². The highest BCUT2D eigenvalue weighted by Crippen LogP contribution is 2.01. The molecule has 0 aromatic rings. The van der Waals surface area contributed by atoms with Crippen LogP contribution in [0.1, 0.15) is 19.8 Å². The van der Waals surface area contributed by atoms with E-state index in [1.807, 2.05) is 0 Å². The molecule has 1 atom stereocenters. The fraction of sp³-hybridized carbons (Fsp3) is 1.00. The Kier molecular flexibility index (Phi) is 2.30. The van der Waals surface area contributed by atoms with Crippen molar-refractivity contribution in [3.05, 3.63) is 0 Å². The molecule has 0 aromatic carbocycles. The quantitative estimate of drug-likeness (QED) is 0.573. The largest absolute Gasteiger partial charge is 0.362 e. The topological polar surface area (TPSA) is 21.3 Å². The molecule has 1 N–H and O–H groups in total. The molecule has 1 rings (SSSR count). The summed E-state index contributed by atoms with van der Waals surface area (Å²) in [7, 11) is 0. The number of hydrogen-bond donors (Lipinski definition) is 1. The first kappa shape index (κ1) is 6.05. The molecule has 0 spiro atoms. The summed E-state index contributed by atoms with van der Waals surface area (Å²) >= 11 is 0. The van der Waals surface area contributed by atoms with Gasteiger partial charge in [0, 0.05) is 6.54 Å². The van der Waals surface area contributed by atoms with Gasteiger partial charge in [0.05, 0.1) is 6.61 Å². The van der Waals surface area contributed by atoms with Crippen molar-refractivity contribution in [2.75, 3.05) is 13.2 Å². The van der Waals surface area contributed by atoms with Gasteiger partial charge in [-0.15, -0.1) is 0 Å². The third kappa shape index (κ3) is 1.46. The highest BCUT2D eigenvalue weighted by atomic mass is 16.5. The van der Waals surface area contributed by atoms with E-state index in [-0.39, 0.29) is 0 Å². The Morgan fingerprint density at radius 3 is 3.12 bits per heavy atom. The van der Waals surface area contributed by atoms with Crippen LogP contribution in [0.5, 0.6) is 0 Å². The van der Waals surface area contributed by atoms with Crippen LogP contribution in [0.25, 0.3) is 0 Å². The molecule has 0 amide bonds. The van der Waals surface area contributed by atoms with Crippen LogP contribution in [-0.2, 0) is 4.74 Å². The lowest BCUT2D eigenvalue weighted by molar-refractivity contribution is 0.0937. The molecular weight excluding hydrogens is 102 g/mol. The molecular formula is C6H13NO. The zero-order valence-electron chi connectivity index (χ0n) is 5.31. The second-order valence-electron chi connectivity index (χ2n) is 2.10. The zero-order chi connectivity index (χ0) is 5.82. The Bertz CT molecular complexity index is 59.5. The lowest BCUT2D eigenvalue weighted by atomic mass is 10.3. The van der Waals surface area contributed by atoms with Crippen LogP contribution in [0.4, 0.5) is 0 Å². The Morgan fingerprint density at radius 1 is 1.75 bits per heavy atom. The number of hydrogen-bond acceptors (Lipinski definition) is 2. The smallest absolute Gasteiger partial charge is 0.108 e. The molecule has 1 fully saturated rings. The Morgan fingerprint density at radius 2 is 2.62 bits per heavy atom. The van der Waals surface area contributed by atoms with Crippen LogP contribution < -0.4 is 5.32 Å². The molecule has 48 valence electrons. The van der Waals surface area contributed by atoms with Gasteiger partial charge in [0.25, 0.3) is 0 Å². The van der Waals surface area contributed by atoms with Crippen LogP contribution >= 0.6 is 0 Å². The molecule has 2 heteroatoms. The van der Waals surface area contributed by atoms with Crippen molar-refractivity contribution < 1.29 is 4.74 Å². The summed E-state index contributed by atoms with van der Waals surface area (Å²) in [6.07, 6.45) is 2.72. The summed E-state index contributed by atoms with van der Waals surface area (Å²) in [5.41, 5.74) is 0. The fourth-order valence-electron chi connectivity index (χ4n) is 0.928. The monoisotopic (exact) mass is 115 g/mol. The maximum absolute atomic E-state index is 5.28. The van der Waals surface area contributed by atoms with Crippen molar-refractivity contribution >= 4 is 0 Å². The Labute approximate surface area is 50.2 Å². The van der Waals surface area contributed by atoms with Crippen LogP contribution in [0, 0.1) is 0 Å². The molecule has 1 aliphatic rings. The first-order chi connectivity index (χ1) is 3.93. The summed E-state index contributed by atoms with van der Waals surface area (Å²) in [5.74, 6) is 0. The number of nitrogens with one attached hydrogen (secondary N) is 1. The molecule has 1 unspecified atom stereocenters. The third-order valence-electron chi connectivity index (χ3n) is 1.34. The average molecular weight is 115 g/mol. The van der Waals surface area contributed by atoms with E-state index in [2.05, 4.69) is 12.2 Å². The average Bonchev–Trinajstić information content (AvgIpc) is 2.19. The van der Waals surface area contributed by atoms with E-state index in [0.717, 1.165) is 19.6 Å². The van der Waals surface area contributed by atoms with Crippen molar-refractivity contribution in [3.63, 3.8) is 0 Å². The molecule has 0 radical (unpaired) electrons. The first-order valence-corrected chi connectivity index (χ1v) is 3.28. The minimum absolute atomic E-state index is 0.361. The van der Waals surface area contributed by atoms with Crippen LogP contribution in [0.3, 0.4) is 0 Å². The predicted molar refractivity (Wildman–Crippen MR) is 32.7 cm³/mol. The number of rotatable bonds is 2. The van der Waals surface area contributed by atoms with E-state index < -0.39 is 0 Å². The standard InChI is InChI=1S/C6H13NO/c1-2-3-6-7-4-5-8-6/h6-7H,2-5H2,1H3. The molecule has 0 aliphatic carbocycles. The molecule has 1 saturated heterocycles. The summed E-state index contributed by atoms with van der Waals surface area (Å²) in [4.78, 5) is 0. The fourth-order valence-corrected chi connectivity index (χ4v) is 0.928. The van der Waals surface area contributed by atoms with Crippen LogP contribution in [0.2, 0.25) is 0 Å². The van der Waals surface area contributed by atoms with Crippen molar-refractivity contribution in [2.45, 2.75) is 26.0 Å². The zero-order valence-corrected chi connectivity index (χ0v) is 5.31. The molecule has 2 nitrogen and oxygen atoms in total. The van der Waals surface area contributed by atoms with Gasteiger partial charge in [-0.3, -0.25) is 5.32 Å². The second kappa shape index (κ2) is 3.05. The molecule has 1 heterocycles. The highest BCUT2D eigenvalue weighted by molar-refractivity contribution is 4.60. The molecule has 8 heavy (non-hydrogen) atoms. The van der Waals surface area contributed by atoms with Crippen molar-refractivity contribution in [1.82, 2.24) is 5.32 Å². The molecule has 1 aliphatic heterocycles. The summed E-state index contributed by atoms with van der Waals surface area (Å²) < 4.78 is 5.28. The predicted octanol–water partition coefficient (Wildman–Crippen LogP) is 0.732. The van der Waals surface area contributed by atoms with Crippen LogP contribution in [0.15, 0.2) is 0 Å². The molecule has 0 aromatic heterocycles. The van der Waals surface area contributed by atoms with Gasteiger partial charge in [0.2, 0.25) is 0 Å². The van der Waals surface area contributed by atoms with Crippen LogP contribution in [-0.4, -0.2) is 19.4 Å². The van der Waals surface area contributed by atoms with Gasteiger partial charge >= 0.3 is 0 Å².